The van der Waals surface area contributed by atoms with E-state index in [1.807, 2.05) is 30.6 Å². The fraction of sp³-hybridized carbons (Fsp3) is 0.267. The Labute approximate surface area is 108 Å². The number of nitrogens with two attached hydrogens (primary N) is 1. The number of hydrogen-bond donors (Lipinski definition) is 2. The second-order valence-corrected chi connectivity index (χ2v) is 4.21. The molecule has 0 aliphatic rings. The Morgan fingerprint density at radius 2 is 2.00 bits per heavy atom. The number of nitrogens with one attached hydrogen (secondary N) is 1. The fourth-order valence-electron chi connectivity index (χ4n) is 1.98. The van der Waals surface area contributed by atoms with Crippen molar-refractivity contribution in [3.8, 4) is 11.1 Å². The molecule has 1 aromatic heterocycles. The van der Waals surface area contributed by atoms with Crippen molar-refractivity contribution in [3.05, 3.63) is 48.3 Å². The van der Waals surface area contributed by atoms with Crippen molar-refractivity contribution in [1.29, 1.82) is 0 Å². The molecule has 0 saturated carbocycles. The molecule has 0 radical (unpaired) electrons. The topological polar surface area (TPSA) is 50.9 Å². The average Bonchev–Trinajstić information content (AvgIpc) is 2.45. The third-order valence-corrected chi connectivity index (χ3v) is 2.91. The van der Waals surface area contributed by atoms with Crippen LogP contribution < -0.4 is 11.1 Å². The lowest BCUT2D eigenvalue weighted by molar-refractivity contribution is 0.979. The van der Waals surface area contributed by atoms with Gasteiger partial charge >= 0.3 is 0 Å². The number of anilines is 1. The Balaban J connectivity index is 2.43. The first-order chi connectivity index (χ1) is 8.86. The average molecular weight is 241 g/mol. The Morgan fingerprint density at radius 3 is 2.78 bits per heavy atom. The minimum Gasteiger partial charge on any atom is -0.384 e. The van der Waals surface area contributed by atoms with Gasteiger partial charge in [0, 0.05) is 36.7 Å². The minimum absolute atomic E-state index is 0.540. The van der Waals surface area contributed by atoms with Gasteiger partial charge < -0.3 is 11.1 Å². The standard InChI is InChI=1S/C15H19N3/c1-2-8-18-15-7-9-17-11-14(15)13-6-4-3-5-12(13)10-16/h3-7,9,11H,2,8,10,16H2,1H3,(H,17,18). The quantitative estimate of drug-likeness (QED) is 0.846. The smallest absolute Gasteiger partial charge is 0.0451 e. The highest BCUT2D eigenvalue weighted by atomic mass is 14.9. The summed E-state index contributed by atoms with van der Waals surface area (Å²) in [7, 11) is 0. The van der Waals surface area contributed by atoms with Gasteiger partial charge in [-0.2, -0.15) is 0 Å². The summed E-state index contributed by atoms with van der Waals surface area (Å²) in [4.78, 5) is 4.22. The second-order valence-electron chi connectivity index (χ2n) is 4.21. The van der Waals surface area contributed by atoms with Gasteiger partial charge in [-0.15, -0.1) is 0 Å². The first-order valence-electron chi connectivity index (χ1n) is 6.33. The maximum absolute atomic E-state index is 5.80. The van der Waals surface area contributed by atoms with Crippen LogP contribution in [0.25, 0.3) is 11.1 Å². The molecular weight excluding hydrogens is 222 g/mol. The van der Waals surface area contributed by atoms with Gasteiger partial charge in [0.1, 0.15) is 0 Å². The van der Waals surface area contributed by atoms with Gasteiger partial charge in [-0.25, -0.2) is 0 Å². The summed E-state index contributed by atoms with van der Waals surface area (Å²) in [5.74, 6) is 0. The zero-order valence-electron chi connectivity index (χ0n) is 10.7. The molecule has 1 aromatic carbocycles. The molecule has 0 unspecified atom stereocenters. The Bertz CT molecular complexity index is 509. The van der Waals surface area contributed by atoms with Crippen molar-refractivity contribution >= 4 is 5.69 Å². The SMILES string of the molecule is CCCNc1ccncc1-c1ccccc1CN. The highest BCUT2D eigenvalue weighted by Gasteiger charge is 2.08. The largest absolute Gasteiger partial charge is 0.384 e. The van der Waals surface area contributed by atoms with Crippen LogP contribution in [-0.2, 0) is 6.54 Å². The molecule has 0 bridgehead atoms. The third-order valence-electron chi connectivity index (χ3n) is 2.91. The molecule has 0 spiro atoms. The van der Waals surface area contributed by atoms with Crippen LogP contribution in [-0.4, -0.2) is 11.5 Å². The van der Waals surface area contributed by atoms with Crippen molar-refractivity contribution < 1.29 is 0 Å². The van der Waals surface area contributed by atoms with Crippen molar-refractivity contribution in [2.75, 3.05) is 11.9 Å². The van der Waals surface area contributed by atoms with E-state index < -0.39 is 0 Å². The third kappa shape index (κ3) is 2.68. The molecule has 3 N–H and O–H groups in total. The molecule has 94 valence electrons. The molecule has 0 saturated heterocycles. The molecule has 3 nitrogen and oxygen atoms in total. The highest BCUT2D eigenvalue weighted by Crippen LogP contribution is 2.29. The van der Waals surface area contributed by atoms with Crippen molar-refractivity contribution in [3.63, 3.8) is 0 Å². The Kier molecular flexibility index (Phi) is 4.31. The molecular formula is C15H19N3. The molecule has 2 rings (SSSR count). The number of benzene rings is 1. The van der Waals surface area contributed by atoms with Crippen molar-refractivity contribution in [1.82, 2.24) is 4.98 Å². The van der Waals surface area contributed by atoms with Crippen LogP contribution in [0.1, 0.15) is 18.9 Å². The van der Waals surface area contributed by atoms with Crippen LogP contribution in [0.15, 0.2) is 42.7 Å². The summed E-state index contributed by atoms with van der Waals surface area (Å²) < 4.78 is 0. The van der Waals surface area contributed by atoms with Gasteiger partial charge in [-0.3, -0.25) is 4.98 Å². The van der Waals surface area contributed by atoms with Crippen LogP contribution in [0.4, 0.5) is 5.69 Å². The summed E-state index contributed by atoms with van der Waals surface area (Å²) in [5, 5.41) is 3.43. The molecule has 0 amide bonds. The zero-order chi connectivity index (χ0) is 12.8. The summed E-state index contributed by atoms with van der Waals surface area (Å²) in [5.41, 5.74) is 10.3. The molecule has 18 heavy (non-hydrogen) atoms. The van der Waals surface area contributed by atoms with Crippen LogP contribution in [0.3, 0.4) is 0 Å². The van der Waals surface area contributed by atoms with E-state index in [1.54, 1.807) is 0 Å². The maximum atomic E-state index is 5.80. The van der Waals surface area contributed by atoms with Crippen LogP contribution in [0, 0.1) is 0 Å². The van der Waals surface area contributed by atoms with Crippen molar-refractivity contribution in [2.24, 2.45) is 5.73 Å². The van der Waals surface area contributed by atoms with Gasteiger partial charge in [0.05, 0.1) is 0 Å². The van der Waals surface area contributed by atoms with E-state index in [4.69, 9.17) is 5.73 Å². The van der Waals surface area contributed by atoms with E-state index >= 15 is 0 Å². The summed E-state index contributed by atoms with van der Waals surface area (Å²) in [6.45, 7) is 3.65. The van der Waals surface area contributed by atoms with Crippen LogP contribution >= 0.6 is 0 Å². The summed E-state index contributed by atoms with van der Waals surface area (Å²) in [6, 6.07) is 10.2. The summed E-state index contributed by atoms with van der Waals surface area (Å²) >= 11 is 0. The van der Waals surface area contributed by atoms with E-state index in [-0.39, 0.29) is 0 Å². The first-order valence-corrected chi connectivity index (χ1v) is 6.33. The zero-order valence-corrected chi connectivity index (χ0v) is 10.7. The van der Waals surface area contributed by atoms with Crippen LogP contribution in [0.2, 0.25) is 0 Å². The molecule has 1 heterocycles. The number of hydrogen-bond acceptors (Lipinski definition) is 3. The lowest BCUT2D eigenvalue weighted by Crippen LogP contribution is -2.04. The first kappa shape index (κ1) is 12.6. The van der Waals surface area contributed by atoms with Gasteiger partial charge in [-0.1, -0.05) is 31.2 Å². The molecule has 0 aliphatic heterocycles. The predicted octanol–water partition coefficient (Wildman–Crippen LogP) is 3.03. The normalized spacial score (nSPS) is 10.3. The summed E-state index contributed by atoms with van der Waals surface area (Å²) in [6.07, 6.45) is 4.80. The van der Waals surface area contributed by atoms with E-state index in [9.17, 15) is 0 Å². The number of rotatable bonds is 5. The van der Waals surface area contributed by atoms with Crippen molar-refractivity contribution in [2.45, 2.75) is 19.9 Å². The predicted molar refractivity (Wildman–Crippen MR) is 76.3 cm³/mol. The minimum atomic E-state index is 0.540. The van der Waals surface area contributed by atoms with Gasteiger partial charge in [0.15, 0.2) is 0 Å². The van der Waals surface area contributed by atoms with Gasteiger partial charge in [-0.05, 0) is 23.6 Å². The molecule has 0 atom stereocenters. The monoisotopic (exact) mass is 241 g/mol. The van der Waals surface area contributed by atoms with E-state index in [0.29, 0.717) is 6.54 Å². The Morgan fingerprint density at radius 1 is 1.17 bits per heavy atom. The Hall–Kier alpha value is -1.87. The lowest BCUT2D eigenvalue weighted by atomic mass is 10.00. The number of nitrogens with zero attached hydrogens (tertiary/aromatic N) is 1. The number of pyridine rings is 1. The number of aromatic nitrogens is 1. The van der Waals surface area contributed by atoms with Gasteiger partial charge in [0.2, 0.25) is 0 Å². The van der Waals surface area contributed by atoms with E-state index in [0.717, 1.165) is 35.3 Å². The molecule has 0 fully saturated rings. The lowest BCUT2D eigenvalue weighted by Gasteiger charge is -2.13. The fourth-order valence-corrected chi connectivity index (χ4v) is 1.98. The van der Waals surface area contributed by atoms with Gasteiger partial charge in [0.25, 0.3) is 0 Å². The highest BCUT2D eigenvalue weighted by molar-refractivity contribution is 5.79. The molecule has 0 aliphatic carbocycles. The van der Waals surface area contributed by atoms with E-state index in [1.165, 1.54) is 0 Å². The van der Waals surface area contributed by atoms with Crippen LogP contribution in [0.5, 0.6) is 0 Å². The second kappa shape index (κ2) is 6.17. The maximum Gasteiger partial charge on any atom is 0.0451 e. The molecule has 3 heteroatoms. The molecule has 2 aromatic rings. The van der Waals surface area contributed by atoms with E-state index in [2.05, 4.69) is 29.4 Å².